The Balaban J connectivity index is 0.990. The van der Waals surface area contributed by atoms with E-state index in [2.05, 4.69) is 191 Å². The van der Waals surface area contributed by atoms with E-state index in [9.17, 15) is 0 Å². The molecule has 1 aromatic heterocycles. The molecular weight excluding hydrogens is 701 g/mol. The molecule has 2 heteroatoms. The van der Waals surface area contributed by atoms with Gasteiger partial charge in [-0.05, 0) is 108 Å². The van der Waals surface area contributed by atoms with Crippen LogP contribution in [0, 0.1) is 0 Å². The van der Waals surface area contributed by atoms with Crippen LogP contribution in [-0.2, 0) is 10.8 Å². The van der Waals surface area contributed by atoms with Gasteiger partial charge in [0.05, 0.1) is 11.4 Å². The minimum Gasteiger partial charge on any atom is -0.228 e. The van der Waals surface area contributed by atoms with Crippen LogP contribution in [-0.4, -0.2) is 9.97 Å². The second-order valence-electron chi connectivity index (χ2n) is 17.0. The molecular formula is C56H42N2. The Morgan fingerprint density at radius 3 is 1.67 bits per heavy atom. The lowest BCUT2D eigenvalue weighted by Crippen LogP contribution is -2.14. The molecule has 8 aromatic carbocycles. The fourth-order valence-corrected chi connectivity index (χ4v) is 9.75. The fourth-order valence-electron chi connectivity index (χ4n) is 9.75. The van der Waals surface area contributed by atoms with Crippen molar-refractivity contribution in [3.8, 4) is 78.4 Å². The van der Waals surface area contributed by atoms with E-state index in [1.165, 1.54) is 77.5 Å². The van der Waals surface area contributed by atoms with Crippen LogP contribution in [0.4, 0.5) is 0 Å². The van der Waals surface area contributed by atoms with Crippen LogP contribution in [0.2, 0.25) is 0 Å². The highest BCUT2D eigenvalue weighted by Gasteiger charge is 2.37. The average molecular weight is 743 g/mol. The summed E-state index contributed by atoms with van der Waals surface area (Å²) in [5.74, 6) is 0.714. The average Bonchev–Trinajstić information content (AvgIpc) is 3.64. The molecule has 276 valence electrons. The van der Waals surface area contributed by atoms with Crippen molar-refractivity contribution in [3.05, 3.63) is 204 Å². The molecule has 0 radical (unpaired) electrons. The van der Waals surface area contributed by atoms with E-state index >= 15 is 0 Å². The van der Waals surface area contributed by atoms with Crippen molar-refractivity contribution in [3.63, 3.8) is 0 Å². The van der Waals surface area contributed by atoms with Gasteiger partial charge in [-0.1, -0.05) is 179 Å². The van der Waals surface area contributed by atoms with E-state index in [4.69, 9.17) is 9.97 Å². The Labute approximate surface area is 340 Å². The molecule has 2 nitrogen and oxygen atoms in total. The van der Waals surface area contributed by atoms with Crippen LogP contribution in [0.5, 0.6) is 0 Å². The summed E-state index contributed by atoms with van der Waals surface area (Å²) in [5.41, 5.74) is 20.5. The summed E-state index contributed by atoms with van der Waals surface area (Å²) < 4.78 is 0. The van der Waals surface area contributed by atoms with Crippen molar-refractivity contribution in [2.24, 2.45) is 0 Å². The molecule has 2 aliphatic carbocycles. The number of rotatable bonds is 5. The molecule has 0 saturated heterocycles. The summed E-state index contributed by atoms with van der Waals surface area (Å²) in [7, 11) is 0. The first-order chi connectivity index (χ1) is 28.2. The lowest BCUT2D eigenvalue weighted by atomic mass is 9.81. The Morgan fingerprint density at radius 2 is 0.862 bits per heavy atom. The summed E-state index contributed by atoms with van der Waals surface area (Å²) >= 11 is 0. The van der Waals surface area contributed by atoms with E-state index in [0.717, 1.165) is 28.1 Å². The van der Waals surface area contributed by atoms with Gasteiger partial charge in [-0.15, -0.1) is 0 Å². The maximum Gasteiger partial charge on any atom is 0.160 e. The van der Waals surface area contributed by atoms with Crippen molar-refractivity contribution in [1.29, 1.82) is 0 Å². The monoisotopic (exact) mass is 742 g/mol. The number of hydrogen-bond donors (Lipinski definition) is 0. The Hall–Kier alpha value is -6.90. The molecule has 0 N–H and O–H groups in total. The van der Waals surface area contributed by atoms with Gasteiger partial charge in [-0.3, -0.25) is 0 Å². The molecule has 58 heavy (non-hydrogen) atoms. The predicted octanol–water partition coefficient (Wildman–Crippen LogP) is 14.6. The SMILES string of the molecule is CC1(C)c2ccccc2-c2cc(-c3cccc(-c4cc(-c5ccc(-c6cccc7c6-c6cc8ccccc8cc6C7(C)C)cc5)nc(-c5ccccc5)n4)c3)ccc21. The maximum absolute atomic E-state index is 5.19. The third-order valence-corrected chi connectivity index (χ3v) is 12.9. The van der Waals surface area contributed by atoms with E-state index in [0.29, 0.717) is 5.82 Å². The van der Waals surface area contributed by atoms with E-state index in [1.807, 2.05) is 18.2 Å². The first kappa shape index (κ1) is 34.4. The molecule has 0 unspecified atom stereocenters. The Morgan fingerprint density at radius 1 is 0.310 bits per heavy atom. The normalized spacial score (nSPS) is 14.1. The summed E-state index contributed by atoms with van der Waals surface area (Å²) in [6, 6.07) is 66.3. The zero-order valence-electron chi connectivity index (χ0n) is 33.2. The van der Waals surface area contributed by atoms with Gasteiger partial charge in [0.15, 0.2) is 5.82 Å². The van der Waals surface area contributed by atoms with Gasteiger partial charge in [-0.2, -0.15) is 0 Å². The number of nitrogens with zero attached hydrogens (tertiary/aromatic N) is 2. The highest BCUT2D eigenvalue weighted by atomic mass is 14.9. The van der Waals surface area contributed by atoms with Gasteiger partial charge in [0.25, 0.3) is 0 Å². The molecule has 0 aliphatic heterocycles. The second kappa shape index (κ2) is 12.8. The maximum atomic E-state index is 5.19. The summed E-state index contributed by atoms with van der Waals surface area (Å²) in [6.07, 6.45) is 0. The van der Waals surface area contributed by atoms with Crippen LogP contribution in [0.25, 0.3) is 89.2 Å². The number of benzene rings is 8. The number of aromatic nitrogens is 2. The Kier molecular flexibility index (Phi) is 7.59. The third-order valence-electron chi connectivity index (χ3n) is 12.9. The molecule has 11 rings (SSSR count). The molecule has 0 atom stereocenters. The van der Waals surface area contributed by atoms with Crippen molar-refractivity contribution in [1.82, 2.24) is 9.97 Å². The highest BCUT2D eigenvalue weighted by Crippen LogP contribution is 2.53. The molecule has 0 fully saturated rings. The second-order valence-corrected chi connectivity index (χ2v) is 17.0. The lowest BCUT2D eigenvalue weighted by molar-refractivity contribution is 0.660. The minimum absolute atomic E-state index is 0.0193. The largest absolute Gasteiger partial charge is 0.228 e. The molecule has 9 aromatic rings. The summed E-state index contributed by atoms with van der Waals surface area (Å²) in [4.78, 5) is 10.4. The van der Waals surface area contributed by atoms with Crippen LogP contribution in [0.3, 0.4) is 0 Å². The van der Waals surface area contributed by atoms with Gasteiger partial charge < -0.3 is 0 Å². The van der Waals surface area contributed by atoms with Crippen LogP contribution < -0.4 is 0 Å². The zero-order chi connectivity index (χ0) is 39.2. The van der Waals surface area contributed by atoms with Gasteiger partial charge in [-0.25, -0.2) is 9.97 Å². The molecule has 0 bridgehead atoms. The molecule has 0 spiro atoms. The van der Waals surface area contributed by atoms with Gasteiger partial charge in [0.2, 0.25) is 0 Å². The number of hydrogen-bond acceptors (Lipinski definition) is 2. The van der Waals surface area contributed by atoms with Gasteiger partial charge in [0.1, 0.15) is 0 Å². The summed E-state index contributed by atoms with van der Waals surface area (Å²) in [5, 5.41) is 2.56. The molecule has 0 amide bonds. The topological polar surface area (TPSA) is 25.8 Å². The van der Waals surface area contributed by atoms with Crippen molar-refractivity contribution in [2.75, 3.05) is 0 Å². The Bertz CT molecular complexity index is 3100. The van der Waals surface area contributed by atoms with Crippen molar-refractivity contribution >= 4 is 10.8 Å². The smallest absolute Gasteiger partial charge is 0.160 e. The first-order valence-corrected chi connectivity index (χ1v) is 20.3. The molecule has 1 heterocycles. The lowest BCUT2D eigenvalue weighted by Gasteiger charge is -2.22. The first-order valence-electron chi connectivity index (χ1n) is 20.3. The van der Waals surface area contributed by atoms with Crippen LogP contribution >= 0.6 is 0 Å². The summed E-state index contributed by atoms with van der Waals surface area (Å²) in [6.45, 7) is 9.38. The van der Waals surface area contributed by atoms with Crippen molar-refractivity contribution in [2.45, 2.75) is 38.5 Å². The minimum atomic E-state index is -0.0873. The van der Waals surface area contributed by atoms with Gasteiger partial charge >= 0.3 is 0 Å². The molecule has 0 saturated carbocycles. The van der Waals surface area contributed by atoms with E-state index in [-0.39, 0.29) is 10.8 Å². The predicted molar refractivity (Wildman–Crippen MR) is 242 cm³/mol. The van der Waals surface area contributed by atoms with E-state index < -0.39 is 0 Å². The van der Waals surface area contributed by atoms with Crippen molar-refractivity contribution < 1.29 is 0 Å². The standard InChI is InChI=1S/C56H42N2/c1-55(2)47-22-11-10-20-44(47)45-31-41(28-29-48(45)55)38-18-12-19-42(30-38)52-34-51(57-54(58-52)37-14-6-5-7-15-37)36-26-24-35(25-27-36)43-21-13-23-49-53(43)46-32-39-16-8-9-17-40(39)33-50(46)56(49,3)4/h5-34H,1-4H3. The fraction of sp³-hybridized carbons (Fsp3) is 0.107. The third kappa shape index (κ3) is 5.32. The molecule has 2 aliphatic rings. The van der Waals surface area contributed by atoms with Gasteiger partial charge in [0, 0.05) is 27.5 Å². The highest BCUT2D eigenvalue weighted by molar-refractivity contribution is 5.98. The van der Waals surface area contributed by atoms with Crippen LogP contribution in [0.1, 0.15) is 49.9 Å². The zero-order valence-corrected chi connectivity index (χ0v) is 33.2. The van der Waals surface area contributed by atoms with E-state index in [1.54, 1.807) is 0 Å². The number of fused-ring (bicyclic) bond motifs is 7. The van der Waals surface area contributed by atoms with Crippen LogP contribution in [0.15, 0.2) is 182 Å². The quantitative estimate of drug-likeness (QED) is 0.175.